The van der Waals surface area contributed by atoms with E-state index in [0.717, 1.165) is 10.9 Å². The average molecular weight is 254 g/mol. The van der Waals surface area contributed by atoms with E-state index in [1.807, 2.05) is 24.3 Å². The smallest absolute Gasteiger partial charge is 0.271 e. The van der Waals surface area contributed by atoms with Gasteiger partial charge in [0.1, 0.15) is 0 Å². The minimum Gasteiger partial charge on any atom is -0.397 e. The maximum Gasteiger partial charge on any atom is 0.271 e. The molecule has 0 bridgehead atoms. The molecule has 6 heteroatoms. The van der Waals surface area contributed by atoms with Crippen LogP contribution in [0.2, 0.25) is 0 Å². The number of rotatable bonds is 2. The van der Waals surface area contributed by atoms with Gasteiger partial charge in [0.25, 0.3) is 5.69 Å². The van der Waals surface area contributed by atoms with Gasteiger partial charge < -0.3 is 5.73 Å². The highest BCUT2D eigenvalue weighted by atomic mass is 16.6. The van der Waals surface area contributed by atoms with E-state index in [2.05, 4.69) is 5.10 Å². The van der Waals surface area contributed by atoms with Crippen molar-refractivity contribution in [2.75, 3.05) is 5.73 Å². The van der Waals surface area contributed by atoms with Gasteiger partial charge in [-0.05, 0) is 12.1 Å². The van der Waals surface area contributed by atoms with Crippen molar-refractivity contribution < 1.29 is 4.92 Å². The molecule has 19 heavy (non-hydrogen) atoms. The van der Waals surface area contributed by atoms with Crippen molar-refractivity contribution in [1.29, 1.82) is 0 Å². The van der Waals surface area contributed by atoms with Gasteiger partial charge >= 0.3 is 0 Å². The highest BCUT2D eigenvalue weighted by Crippen LogP contribution is 2.25. The SMILES string of the molecule is Nc1cc([N+](=O)[O-])ccc1-n1ncc2ccccc21. The third-order valence-corrected chi connectivity index (χ3v) is 2.93. The van der Waals surface area contributed by atoms with Crippen molar-refractivity contribution in [3.05, 3.63) is 58.8 Å². The minimum atomic E-state index is -0.471. The van der Waals surface area contributed by atoms with E-state index < -0.39 is 4.92 Å². The summed E-state index contributed by atoms with van der Waals surface area (Å²) in [6.45, 7) is 0. The molecule has 0 amide bonds. The molecule has 1 heterocycles. The van der Waals surface area contributed by atoms with Gasteiger partial charge in [0, 0.05) is 17.5 Å². The van der Waals surface area contributed by atoms with Crippen molar-refractivity contribution >= 4 is 22.3 Å². The van der Waals surface area contributed by atoms with Gasteiger partial charge in [0.2, 0.25) is 0 Å². The van der Waals surface area contributed by atoms with E-state index in [1.54, 1.807) is 16.9 Å². The zero-order valence-electron chi connectivity index (χ0n) is 9.85. The van der Waals surface area contributed by atoms with E-state index in [4.69, 9.17) is 5.73 Å². The molecule has 0 atom stereocenters. The number of fused-ring (bicyclic) bond motifs is 1. The Kier molecular flexibility index (Phi) is 2.42. The fraction of sp³-hybridized carbons (Fsp3) is 0. The zero-order valence-corrected chi connectivity index (χ0v) is 9.85. The fourth-order valence-corrected chi connectivity index (χ4v) is 2.01. The van der Waals surface area contributed by atoms with Crippen LogP contribution in [-0.4, -0.2) is 14.7 Å². The molecule has 0 saturated heterocycles. The second kappa shape index (κ2) is 4.09. The molecule has 0 saturated carbocycles. The lowest BCUT2D eigenvalue weighted by Gasteiger charge is -2.06. The summed E-state index contributed by atoms with van der Waals surface area (Å²) in [4.78, 5) is 10.2. The van der Waals surface area contributed by atoms with Crippen LogP contribution in [0.15, 0.2) is 48.7 Å². The molecule has 1 aromatic heterocycles. The highest BCUT2D eigenvalue weighted by Gasteiger charge is 2.12. The van der Waals surface area contributed by atoms with Crippen molar-refractivity contribution in [2.24, 2.45) is 0 Å². The van der Waals surface area contributed by atoms with Gasteiger partial charge in [-0.3, -0.25) is 10.1 Å². The molecule has 2 aromatic carbocycles. The molecule has 0 spiro atoms. The number of aromatic nitrogens is 2. The van der Waals surface area contributed by atoms with Crippen LogP contribution in [0.5, 0.6) is 0 Å². The van der Waals surface area contributed by atoms with Gasteiger partial charge in [-0.2, -0.15) is 5.10 Å². The Morgan fingerprint density at radius 2 is 2.00 bits per heavy atom. The number of nitrogens with two attached hydrogens (primary N) is 1. The number of para-hydroxylation sites is 1. The van der Waals surface area contributed by atoms with E-state index in [-0.39, 0.29) is 5.69 Å². The van der Waals surface area contributed by atoms with Gasteiger partial charge in [-0.15, -0.1) is 0 Å². The lowest BCUT2D eigenvalue weighted by Crippen LogP contribution is -2.02. The van der Waals surface area contributed by atoms with Crippen molar-refractivity contribution in [1.82, 2.24) is 9.78 Å². The van der Waals surface area contributed by atoms with Crippen molar-refractivity contribution in [3.8, 4) is 5.69 Å². The lowest BCUT2D eigenvalue weighted by atomic mass is 10.2. The molecule has 0 radical (unpaired) electrons. The molecule has 0 fully saturated rings. The average Bonchev–Trinajstić information content (AvgIpc) is 2.82. The first-order valence-electron chi connectivity index (χ1n) is 5.64. The number of nitrogens with zero attached hydrogens (tertiary/aromatic N) is 3. The van der Waals surface area contributed by atoms with Crippen LogP contribution in [0, 0.1) is 10.1 Å². The molecular weight excluding hydrogens is 244 g/mol. The first-order chi connectivity index (χ1) is 9.16. The predicted molar refractivity (Wildman–Crippen MR) is 72.1 cm³/mol. The molecule has 94 valence electrons. The second-order valence-electron chi connectivity index (χ2n) is 4.12. The summed E-state index contributed by atoms with van der Waals surface area (Å²) in [6, 6.07) is 12.1. The number of nitro groups is 1. The molecule has 0 aliphatic rings. The van der Waals surface area contributed by atoms with Gasteiger partial charge in [-0.1, -0.05) is 18.2 Å². The summed E-state index contributed by atoms with van der Waals surface area (Å²) in [5.41, 5.74) is 7.71. The maximum absolute atomic E-state index is 10.7. The fourth-order valence-electron chi connectivity index (χ4n) is 2.01. The lowest BCUT2D eigenvalue weighted by molar-refractivity contribution is -0.384. The van der Waals surface area contributed by atoms with Crippen LogP contribution in [-0.2, 0) is 0 Å². The van der Waals surface area contributed by atoms with E-state index >= 15 is 0 Å². The number of anilines is 1. The predicted octanol–water partition coefficient (Wildman–Crippen LogP) is 2.52. The van der Waals surface area contributed by atoms with Gasteiger partial charge in [0.15, 0.2) is 0 Å². The first-order valence-corrected chi connectivity index (χ1v) is 5.64. The number of non-ortho nitro benzene ring substituents is 1. The first kappa shape index (κ1) is 11.2. The monoisotopic (exact) mass is 254 g/mol. The Hall–Kier alpha value is -2.89. The summed E-state index contributed by atoms with van der Waals surface area (Å²) in [5.74, 6) is 0. The van der Waals surface area contributed by atoms with Crippen LogP contribution >= 0.6 is 0 Å². The second-order valence-corrected chi connectivity index (χ2v) is 4.12. The standard InChI is InChI=1S/C13H10N4O2/c14-11-7-10(17(18)19)5-6-13(11)16-12-4-2-1-3-9(12)8-15-16/h1-8H,14H2. The Labute approximate surface area is 108 Å². The summed E-state index contributed by atoms with van der Waals surface area (Å²) in [6.07, 6.45) is 1.73. The maximum atomic E-state index is 10.7. The van der Waals surface area contributed by atoms with Crippen LogP contribution in [0.25, 0.3) is 16.6 Å². The minimum absolute atomic E-state index is 0.0299. The molecule has 0 aliphatic carbocycles. The Morgan fingerprint density at radius 3 is 2.74 bits per heavy atom. The molecule has 0 unspecified atom stereocenters. The number of benzene rings is 2. The quantitative estimate of drug-likeness (QED) is 0.432. The molecule has 3 aromatic rings. The third-order valence-electron chi connectivity index (χ3n) is 2.93. The highest BCUT2D eigenvalue weighted by molar-refractivity contribution is 5.81. The normalized spacial score (nSPS) is 10.7. The Morgan fingerprint density at radius 1 is 1.21 bits per heavy atom. The van der Waals surface area contributed by atoms with Crippen LogP contribution < -0.4 is 5.73 Å². The van der Waals surface area contributed by atoms with Crippen molar-refractivity contribution in [3.63, 3.8) is 0 Å². The van der Waals surface area contributed by atoms with E-state index in [1.165, 1.54) is 12.1 Å². The summed E-state index contributed by atoms with van der Waals surface area (Å²) < 4.78 is 1.67. The number of nitro benzene ring substituents is 1. The van der Waals surface area contributed by atoms with Crippen LogP contribution in [0.1, 0.15) is 0 Å². The van der Waals surface area contributed by atoms with E-state index in [0.29, 0.717) is 11.4 Å². The largest absolute Gasteiger partial charge is 0.397 e. The summed E-state index contributed by atoms with van der Waals surface area (Å²) >= 11 is 0. The number of hydrogen-bond acceptors (Lipinski definition) is 4. The Balaban J connectivity index is 2.19. The molecule has 0 aliphatic heterocycles. The summed E-state index contributed by atoms with van der Waals surface area (Å²) in [7, 11) is 0. The van der Waals surface area contributed by atoms with Crippen molar-refractivity contribution in [2.45, 2.75) is 0 Å². The Bertz CT molecular complexity index is 779. The number of hydrogen-bond donors (Lipinski definition) is 1. The molecular formula is C13H10N4O2. The van der Waals surface area contributed by atoms with Gasteiger partial charge in [-0.25, -0.2) is 4.68 Å². The van der Waals surface area contributed by atoms with Crippen LogP contribution in [0.4, 0.5) is 11.4 Å². The summed E-state index contributed by atoms with van der Waals surface area (Å²) in [5, 5.41) is 15.9. The van der Waals surface area contributed by atoms with Gasteiger partial charge in [0.05, 0.1) is 28.0 Å². The zero-order chi connectivity index (χ0) is 13.4. The molecule has 3 rings (SSSR count). The molecule has 6 nitrogen and oxygen atoms in total. The topological polar surface area (TPSA) is 87.0 Å². The van der Waals surface area contributed by atoms with Crippen LogP contribution in [0.3, 0.4) is 0 Å². The molecule has 2 N–H and O–H groups in total. The number of nitrogen functional groups attached to an aromatic ring is 1. The third kappa shape index (κ3) is 1.79. The van der Waals surface area contributed by atoms with E-state index in [9.17, 15) is 10.1 Å².